The number of methoxy groups -OCH3 is 1. The topological polar surface area (TPSA) is 132 Å². The van der Waals surface area contributed by atoms with Crippen LogP contribution in [0, 0.1) is 0 Å². The number of ether oxygens (including phenoxy) is 6. The van der Waals surface area contributed by atoms with E-state index in [1.165, 1.54) is 26.3 Å². The second-order valence-corrected chi connectivity index (χ2v) is 9.23. The predicted octanol–water partition coefficient (Wildman–Crippen LogP) is 3.13. The van der Waals surface area contributed by atoms with Gasteiger partial charge < -0.3 is 33.7 Å². The van der Waals surface area contributed by atoms with Gasteiger partial charge in [-0.3, -0.25) is 9.59 Å². The number of hydrogen-bond acceptors (Lipinski definition) is 10. The molecule has 1 aromatic heterocycles. The van der Waals surface area contributed by atoms with Gasteiger partial charge in [-0.05, 0) is 40.0 Å². The molecular formula is C27H38N2O9. The summed E-state index contributed by atoms with van der Waals surface area (Å²) in [5.74, 6) is -1.67. The summed E-state index contributed by atoms with van der Waals surface area (Å²) in [6, 6.07) is 0.535. The molecule has 1 aliphatic rings. The minimum absolute atomic E-state index is 0.0277. The third kappa shape index (κ3) is 9.46. The first-order valence-electron chi connectivity index (χ1n) is 12.4. The molecule has 1 fully saturated rings. The van der Waals surface area contributed by atoms with E-state index in [1.54, 1.807) is 6.92 Å². The van der Waals surface area contributed by atoms with Crippen molar-refractivity contribution in [3.8, 4) is 11.5 Å². The lowest BCUT2D eigenvalue weighted by Gasteiger charge is -2.31. The quantitative estimate of drug-likeness (QED) is 0.242. The van der Waals surface area contributed by atoms with E-state index in [0.29, 0.717) is 25.9 Å². The third-order valence-corrected chi connectivity index (χ3v) is 5.54. The molecule has 11 heteroatoms. The van der Waals surface area contributed by atoms with Crippen LogP contribution in [-0.4, -0.2) is 74.3 Å². The summed E-state index contributed by atoms with van der Waals surface area (Å²) in [5, 5.41) is 2.69. The summed E-state index contributed by atoms with van der Waals surface area (Å²) < 4.78 is 33.3. The van der Waals surface area contributed by atoms with Crippen LogP contribution in [0.15, 0.2) is 36.6 Å². The Labute approximate surface area is 223 Å². The van der Waals surface area contributed by atoms with Crippen LogP contribution in [-0.2, 0) is 28.5 Å². The van der Waals surface area contributed by atoms with Gasteiger partial charge in [0.2, 0.25) is 6.79 Å². The van der Waals surface area contributed by atoms with E-state index in [1.807, 2.05) is 13.8 Å². The fourth-order valence-electron chi connectivity index (χ4n) is 3.77. The second kappa shape index (κ2) is 15.1. The van der Waals surface area contributed by atoms with Gasteiger partial charge in [-0.2, -0.15) is 0 Å². The first-order chi connectivity index (χ1) is 18.0. The number of aromatic nitrogens is 1. The summed E-state index contributed by atoms with van der Waals surface area (Å²) >= 11 is 0. The molecule has 11 nitrogen and oxygen atoms in total. The van der Waals surface area contributed by atoms with Crippen LogP contribution >= 0.6 is 0 Å². The minimum atomic E-state index is -0.957. The maximum Gasteiger partial charge on any atom is 0.329 e. The molecule has 1 N–H and O–H groups in total. The SMILES string of the molecule is C=C(C)CO[C@H]1[C@H](C)OC(=O)[C@@H](NC(=O)c2nccc(OC)c2OCOC(C)=O)CCC[C@@H]1OCC(=C)C. The molecule has 2 rings (SSSR count). The summed E-state index contributed by atoms with van der Waals surface area (Å²) in [6.45, 7) is 14.6. The first kappa shape index (κ1) is 30.8. The Morgan fingerprint density at radius 2 is 1.82 bits per heavy atom. The van der Waals surface area contributed by atoms with Gasteiger partial charge in [-0.1, -0.05) is 24.3 Å². The monoisotopic (exact) mass is 534 g/mol. The average Bonchev–Trinajstić information content (AvgIpc) is 2.89. The Bertz CT molecular complexity index is 1010. The standard InChI is InChI=1S/C27H38N2O9/c1-16(2)13-34-22-10-8-9-20(27(32)38-18(5)24(22)35-14-17(3)4)29-26(31)23-25(37-15-36-19(6)30)21(33-7)11-12-28-23/h11-12,18,20,22,24H,1,3,8-10,13-15H2,2,4-7H3,(H,29,31)/t18-,20-,22-,24-/m0/s1. The summed E-state index contributed by atoms with van der Waals surface area (Å²) in [7, 11) is 1.39. The molecule has 2 heterocycles. The smallest absolute Gasteiger partial charge is 0.329 e. The largest absolute Gasteiger partial charge is 0.493 e. The molecule has 0 radical (unpaired) electrons. The molecule has 1 aliphatic heterocycles. The third-order valence-electron chi connectivity index (χ3n) is 5.54. The molecule has 0 saturated carbocycles. The zero-order valence-electron chi connectivity index (χ0n) is 22.7. The van der Waals surface area contributed by atoms with Crippen molar-refractivity contribution in [3.05, 3.63) is 42.3 Å². The Morgan fingerprint density at radius 1 is 1.13 bits per heavy atom. The average molecular weight is 535 g/mol. The van der Waals surface area contributed by atoms with Gasteiger partial charge in [0.25, 0.3) is 5.91 Å². The van der Waals surface area contributed by atoms with Crippen molar-refractivity contribution in [2.24, 2.45) is 0 Å². The highest BCUT2D eigenvalue weighted by Gasteiger charge is 2.36. The van der Waals surface area contributed by atoms with Gasteiger partial charge in [-0.25, -0.2) is 9.78 Å². The lowest BCUT2D eigenvalue weighted by atomic mass is 10.0. The van der Waals surface area contributed by atoms with Gasteiger partial charge in [0.05, 0.1) is 26.4 Å². The van der Waals surface area contributed by atoms with Crippen LogP contribution in [0.4, 0.5) is 0 Å². The molecule has 0 unspecified atom stereocenters. The van der Waals surface area contributed by atoms with Crippen LogP contribution in [0.1, 0.15) is 57.4 Å². The summed E-state index contributed by atoms with van der Waals surface area (Å²) in [6.07, 6.45) is 1.22. The zero-order valence-corrected chi connectivity index (χ0v) is 22.7. The van der Waals surface area contributed by atoms with Gasteiger partial charge in [0.1, 0.15) is 18.2 Å². The van der Waals surface area contributed by atoms with Gasteiger partial charge in [-0.15, -0.1) is 0 Å². The molecule has 0 aromatic carbocycles. The first-order valence-corrected chi connectivity index (χ1v) is 12.4. The Kier molecular flexibility index (Phi) is 12.2. The number of amides is 1. The van der Waals surface area contributed by atoms with Crippen LogP contribution in [0.5, 0.6) is 11.5 Å². The number of pyridine rings is 1. The van der Waals surface area contributed by atoms with Crippen molar-refractivity contribution in [1.29, 1.82) is 0 Å². The van der Waals surface area contributed by atoms with Gasteiger partial charge >= 0.3 is 11.9 Å². The van der Waals surface area contributed by atoms with Gasteiger partial charge in [0.15, 0.2) is 17.2 Å². The molecule has 38 heavy (non-hydrogen) atoms. The number of cyclic esters (lactones) is 1. The van der Waals surface area contributed by atoms with Crippen LogP contribution in [0.3, 0.4) is 0 Å². The van der Waals surface area contributed by atoms with Crippen LogP contribution in [0.25, 0.3) is 0 Å². The highest BCUT2D eigenvalue weighted by Crippen LogP contribution is 2.30. The van der Waals surface area contributed by atoms with E-state index < -0.39 is 42.9 Å². The number of carbonyl (C=O) groups excluding carboxylic acids is 3. The molecule has 0 spiro atoms. The number of rotatable bonds is 12. The molecule has 1 aromatic rings. The normalized spacial score (nSPS) is 21.7. The molecule has 1 saturated heterocycles. The number of carbonyl (C=O) groups is 3. The van der Waals surface area contributed by atoms with Gasteiger partial charge in [0, 0.05) is 19.2 Å². The fraction of sp³-hybridized carbons (Fsp3) is 0.556. The zero-order chi connectivity index (χ0) is 28.2. The van der Waals surface area contributed by atoms with E-state index >= 15 is 0 Å². The van der Waals surface area contributed by atoms with E-state index in [4.69, 9.17) is 28.4 Å². The van der Waals surface area contributed by atoms with Crippen molar-refractivity contribution >= 4 is 17.8 Å². The lowest BCUT2D eigenvalue weighted by molar-refractivity contribution is -0.165. The maximum absolute atomic E-state index is 13.2. The molecule has 1 amide bonds. The predicted molar refractivity (Wildman–Crippen MR) is 138 cm³/mol. The molecular weight excluding hydrogens is 496 g/mol. The summed E-state index contributed by atoms with van der Waals surface area (Å²) in [4.78, 5) is 41.5. The van der Waals surface area contributed by atoms with Crippen molar-refractivity contribution in [1.82, 2.24) is 10.3 Å². The number of esters is 2. The molecule has 0 aliphatic carbocycles. The van der Waals surface area contributed by atoms with Crippen molar-refractivity contribution in [2.75, 3.05) is 27.1 Å². The highest BCUT2D eigenvalue weighted by molar-refractivity contribution is 5.98. The van der Waals surface area contributed by atoms with E-state index in [9.17, 15) is 14.4 Å². The van der Waals surface area contributed by atoms with Crippen molar-refractivity contribution in [2.45, 2.75) is 71.3 Å². The summed E-state index contributed by atoms with van der Waals surface area (Å²) in [5.41, 5.74) is 1.54. The van der Waals surface area contributed by atoms with Crippen LogP contribution in [0.2, 0.25) is 0 Å². The molecule has 4 atom stereocenters. The van der Waals surface area contributed by atoms with Crippen LogP contribution < -0.4 is 14.8 Å². The minimum Gasteiger partial charge on any atom is -0.493 e. The van der Waals surface area contributed by atoms with E-state index in [-0.39, 0.29) is 29.9 Å². The Balaban J connectivity index is 2.22. The maximum atomic E-state index is 13.2. The molecule has 0 bridgehead atoms. The highest BCUT2D eigenvalue weighted by atomic mass is 16.7. The second-order valence-electron chi connectivity index (χ2n) is 9.23. The van der Waals surface area contributed by atoms with E-state index in [0.717, 1.165) is 11.1 Å². The van der Waals surface area contributed by atoms with E-state index in [2.05, 4.69) is 23.5 Å². The fourth-order valence-corrected chi connectivity index (χ4v) is 3.77. The molecule has 210 valence electrons. The van der Waals surface area contributed by atoms with Crippen molar-refractivity contribution in [3.63, 3.8) is 0 Å². The number of nitrogens with one attached hydrogen (secondary N) is 1. The number of nitrogens with zero attached hydrogens (tertiary/aromatic N) is 1. The van der Waals surface area contributed by atoms with Crippen molar-refractivity contribution < 1.29 is 42.8 Å². The number of hydrogen-bond donors (Lipinski definition) is 1. The Hall–Kier alpha value is -3.44. The lowest BCUT2D eigenvalue weighted by Crippen LogP contribution is -2.46. The Morgan fingerprint density at radius 3 is 2.45 bits per heavy atom.